The molecule has 18 heavy (non-hydrogen) atoms. The summed E-state index contributed by atoms with van der Waals surface area (Å²) in [7, 11) is 1.71. The zero-order valence-corrected chi connectivity index (χ0v) is 12.1. The molecular formula is C16H24O2. The Hall–Kier alpha value is -1.02. The first-order valence-electron chi connectivity index (χ1n) is 6.81. The van der Waals surface area contributed by atoms with Crippen LogP contribution < -0.4 is 4.74 Å². The van der Waals surface area contributed by atoms with E-state index in [-0.39, 0.29) is 5.92 Å². The number of benzene rings is 1. The van der Waals surface area contributed by atoms with E-state index in [1.54, 1.807) is 7.11 Å². The molecule has 1 aromatic rings. The molecule has 1 aliphatic rings. The van der Waals surface area contributed by atoms with Crippen molar-refractivity contribution < 1.29 is 9.84 Å². The van der Waals surface area contributed by atoms with E-state index in [1.165, 1.54) is 5.56 Å². The molecule has 100 valence electrons. The fraction of sp³-hybridized carbons (Fsp3) is 0.625. The molecule has 1 aliphatic carbocycles. The first-order valence-corrected chi connectivity index (χ1v) is 6.81. The molecule has 0 amide bonds. The van der Waals surface area contributed by atoms with Gasteiger partial charge in [-0.15, -0.1) is 0 Å². The SMILES string of the molecule is COc1cc2c(cc1C)C(O)(C(C)C)CCC2C. The Bertz CT molecular complexity index is 451. The fourth-order valence-corrected chi connectivity index (χ4v) is 3.03. The minimum atomic E-state index is -0.682. The first kappa shape index (κ1) is 13.4. The second kappa shape index (κ2) is 4.58. The molecule has 2 nitrogen and oxygen atoms in total. The van der Waals surface area contributed by atoms with Crippen LogP contribution in [0.3, 0.4) is 0 Å². The highest BCUT2D eigenvalue weighted by atomic mass is 16.5. The summed E-state index contributed by atoms with van der Waals surface area (Å²) in [4.78, 5) is 0. The van der Waals surface area contributed by atoms with Crippen molar-refractivity contribution >= 4 is 0 Å². The maximum Gasteiger partial charge on any atom is 0.122 e. The summed E-state index contributed by atoms with van der Waals surface area (Å²) in [6, 6.07) is 4.23. The third-order valence-corrected chi connectivity index (χ3v) is 4.48. The van der Waals surface area contributed by atoms with Gasteiger partial charge in [0.05, 0.1) is 12.7 Å². The van der Waals surface area contributed by atoms with Crippen LogP contribution in [0.25, 0.3) is 0 Å². The summed E-state index contributed by atoms with van der Waals surface area (Å²) in [6.07, 6.45) is 1.89. The number of hydrogen-bond donors (Lipinski definition) is 1. The molecule has 0 aromatic heterocycles. The van der Waals surface area contributed by atoms with Gasteiger partial charge in [-0.2, -0.15) is 0 Å². The molecule has 0 bridgehead atoms. The zero-order chi connectivity index (χ0) is 13.5. The maximum absolute atomic E-state index is 11.0. The average Bonchev–Trinajstić information content (AvgIpc) is 2.33. The zero-order valence-electron chi connectivity index (χ0n) is 12.1. The van der Waals surface area contributed by atoms with E-state index in [2.05, 4.69) is 32.9 Å². The van der Waals surface area contributed by atoms with Crippen LogP contribution >= 0.6 is 0 Å². The van der Waals surface area contributed by atoms with Crippen molar-refractivity contribution in [2.24, 2.45) is 5.92 Å². The van der Waals surface area contributed by atoms with E-state index in [9.17, 15) is 5.11 Å². The lowest BCUT2D eigenvalue weighted by atomic mass is 9.69. The minimum Gasteiger partial charge on any atom is -0.496 e. The van der Waals surface area contributed by atoms with E-state index >= 15 is 0 Å². The minimum absolute atomic E-state index is 0.233. The van der Waals surface area contributed by atoms with Gasteiger partial charge < -0.3 is 9.84 Å². The molecule has 2 atom stereocenters. The number of fused-ring (bicyclic) bond motifs is 1. The number of ether oxygens (including phenoxy) is 1. The van der Waals surface area contributed by atoms with Gasteiger partial charge in [0.15, 0.2) is 0 Å². The van der Waals surface area contributed by atoms with Crippen LogP contribution in [0.15, 0.2) is 12.1 Å². The van der Waals surface area contributed by atoms with Gasteiger partial charge in [0.1, 0.15) is 5.75 Å². The Morgan fingerprint density at radius 3 is 2.61 bits per heavy atom. The summed E-state index contributed by atoms with van der Waals surface area (Å²) in [5, 5.41) is 11.0. The van der Waals surface area contributed by atoms with E-state index in [0.717, 1.165) is 29.7 Å². The maximum atomic E-state index is 11.0. The lowest BCUT2D eigenvalue weighted by molar-refractivity contribution is -0.0287. The van der Waals surface area contributed by atoms with Gasteiger partial charge in [0.25, 0.3) is 0 Å². The van der Waals surface area contributed by atoms with E-state index < -0.39 is 5.60 Å². The van der Waals surface area contributed by atoms with Crippen molar-refractivity contribution in [3.63, 3.8) is 0 Å². The van der Waals surface area contributed by atoms with Gasteiger partial charge in [-0.25, -0.2) is 0 Å². The highest BCUT2D eigenvalue weighted by molar-refractivity contribution is 5.47. The van der Waals surface area contributed by atoms with Gasteiger partial charge >= 0.3 is 0 Å². The fourth-order valence-electron chi connectivity index (χ4n) is 3.03. The van der Waals surface area contributed by atoms with Crippen molar-refractivity contribution in [3.05, 3.63) is 28.8 Å². The molecule has 0 saturated carbocycles. The molecule has 0 saturated heterocycles. The summed E-state index contributed by atoms with van der Waals surface area (Å²) in [6.45, 7) is 8.46. The second-order valence-electron chi connectivity index (χ2n) is 5.93. The monoisotopic (exact) mass is 248 g/mol. The first-order chi connectivity index (χ1) is 8.40. The molecule has 0 spiro atoms. The van der Waals surface area contributed by atoms with Gasteiger partial charge in [-0.3, -0.25) is 0 Å². The largest absolute Gasteiger partial charge is 0.496 e. The molecule has 0 fully saturated rings. The smallest absolute Gasteiger partial charge is 0.122 e. The van der Waals surface area contributed by atoms with Crippen LogP contribution in [-0.4, -0.2) is 12.2 Å². The number of rotatable bonds is 2. The number of hydrogen-bond acceptors (Lipinski definition) is 2. The third kappa shape index (κ3) is 1.93. The van der Waals surface area contributed by atoms with E-state index in [1.807, 2.05) is 6.92 Å². The van der Waals surface area contributed by atoms with E-state index in [0.29, 0.717) is 5.92 Å². The summed E-state index contributed by atoms with van der Waals surface area (Å²) in [5.41, 5.74) is 2.78. The van der Waals surface area contributed by atoms with Crippen LogP contribution in [0.1, 0.15) is 56.2 Å². The average molecular weight is 248 g/mol. The molecule has 2 heteroatoms. The number of aryl methyl sites for hydroxylation is 1. The van der Waals surface area contributed by atoms with Crippen molar-refractivity contribution in [2.75, 3.05) is 7.11 Å². The second-order valence-corrected chi connectivity index (χ2v) is 5.93. The molecule has 2 rings (SSSR count). The Kier molecular flexibility index (Phi) is 3.41. The standard InChI is InChI=1S/C16H24O2/c1-10(2)16(17)7-6-11(3)13-9-15(18-5)12(4)8-14(13)16/h8-11,17H,6-7H2,1-5H3. The van der Waals surface area contributed by atoms with Gasteiger partial charge in [-0.1, -0.05) is 20.8 Å². The molecule has 0 heterocycles. The van der Waals surface area contributed by atoms with Crippen LogP contribution in [0, 0.1) is 12.8 Å². The highest BCUT2D eigenvalue weighted by Gasteiger charge is 2.39. The van der Waals surface area contributed by atoms with Crippen LogP contribution in [0.4, 0.5) is 0 Å². The molecule has 1 N–H and O–H groups in total. The Balaban J connectivity index is 2.62. The third-order valence-electron chi connectivity index (χ3n) is 4.48. The van der Waals surface area contributed by atoms with Crippen molar-refractivity contribution in [3.8, 4) is 5.75 Å². The Morgan fingerprint density at radius 1 is 1.39 bits per heavy atom. The topological polar surface area (TPSA) is 29.5 Å². The van der Waals surface area contributed by atoms with Crippen LogP contribution in [0.2, 0.25) is 0 Å². The summed E-state index contributed by atoms with van der Waals surface area (Å²) >= 11 is 0. The lowest BCUT2D eigenvalue weighted by Crippen LogP contribution is -2.36. The number of methoxy groups -OCH3 is 1. The quantitative estimate of drug-likeness (QED) is 0.864. The van der Waals surface area contributed by atoms with Crippen LogP contribution in [0.5, 0.6) is 5.75 Å². The molecule has 2 unspecified atom stereocenters. The van der Waals surface area contributed by atoms with Crippen molar-refractivity contribution in [1.29, 1.82) is 0 Å². The van der Waals surface area contributed by atoms with Crippen molar-refractivity contribution in [2.45, 2.75) is 52.1 Å². The van der Waals surface area contributed by atoms with E-state index in [4.69, 9.17) is 4.74 Å². The molecule has 0 aliphatic heterocycles. The lowest BCUT2D eigenvalue weighted by Gasteiger charge is -2.40. The predicted molar refractivity (Wildman–Crippen MR) is 74.1 cm³/mol. The highest BCUT2D eigenvalue weighted by Crippen LogP contribution is 2.46. The Labute approximate surface area is 110 Å². The van der Waals surface area contributed by atoms with Gasteiger partial charge in [0, 0.05) is 0 Å². The molecular weight excluding hydrogens is 224 g/mol. The predicted octanol–water partition coefficient (Wildman–Crippen LogP) is 3.74. The normalized spacial score (nSPS) is 27.2. The van der Waals surface area contributed by atoms with Crippen molar-refractivity contribution in [1.82, 2.24) is 0 Å². The van der Waals surface area contributed by atoms with Gasteiger partial charge in [0.2, 0.25) is 0 Å². The molecule has 1 aromatic carbocycles. The van der Waals surface area contributed by atoms with Crippen LogP contribution in [-0.2, 0) is 5.60 Å². The van der Waals surface area contributed by atoms with Gasteiger partial charge in [-0.05, 0) is 60.4 Å². The summed E-state index contributed by atoms with van der Waals surface area (Å²) in [5.74, 6) is 1.65. The number of aliphatic hydroxyl groups is 1. The molecule has 0 radical (unpaired) electrons. The Morgan fingerprint density at radius 2 is 2.06 bits per heavy atom. The summed E-state index contributed by atoms with van der Waals surface area (Å²) < 4.78 is 5.41.